The molecule has 4 nitrogen and oxygen atoms in total. The van der Waals surface area contributed by atoms with Crippen molar-refractivity contribution >= 4 is 34.4 Å². The van der Waals surface area contributed by atoms with Crippen LogP contribution in [0.25, 0.3) is 0 Å². The van der Waals surface area contributed by atoms with Crippen LogP contribution >= 0.6 is 11.3 Å². The number of hydrogen-bond donors (Lipinski definition) is 2. The molecule has 0 saturated carbocycles. The van der Waals surface area contributed by atoms with Crippen LogP contribution in [0, 0.1) is 0 Å². The largest absolute Gasteiger partial charge is 0.465 e. The van der Waals surface area contributed by atoms with Gasteiger partial charge in [0.2, 0.25) is 0 Å². The molecule has 5 heteroatoms. The zero-order valence-electron chi connectivity index (χ0n) is 9.27. The van der Waals surface area contributed by atoms with Gasteiger partial charge in [0.05, 0.1) is 24.0 Å². The first-order chi connectivity index (χ1) is 8.20. The summed E-state index contributed by atoms with van der Waals surface area (Å²) in [7, 11) is 1.35. The lowest BCUT2D eigenvalue weighted by molar-refractivity contribution is 0.0601. The van der Waals surface area contributed by atoms with Crippen molar-refractivity contribution in [2.24, 2.45) is 0 Å². The van der Waals surface area contributed by atoms with Crippen molar-refractivity contribution in [2.45, 2.75) is 0 Å². The molecule has 0 unspecified atom stereocenters. The van der Waals surface area contributed by atoms with Crippen molar-refractivity contribution < 1.29 is 9.53 Å². The molecule has 1 aromatic heterocycles. The van der Waals surface area contributed by atoms with E-state index in [1.165, 1.54) is 7.11 Å². The number of anilines is 3. The Morgan fingerprint density at radius 3 is 2.88 bits per heavy atom. The summed E-state index contributed by atoms with van der Waals surface area (Å²) in [6, 6.07) is 6.94. The van der Waals surface area contributed by atoms with Gasteiger partial charge in [0, 0.05) is 11.1 Å². The lowest BCUT2D eigenvalue weighted by Gasteiger charge is -2.09. The Bertz CT molecular complexity index is 523. The van der Waals surface area contributed by atoms with Gasteiger partial charge in [0.1, 0.15) is 0 Å². The molecular formula is C12H12N2O2S. The number of carbonyl (C=O) groups is 1. The van der Waals surface area contributed by atoms with E-state index in [9.17, 15) is 4.79 Å². The molecule has 0 amide bonds. The number of methoxy groups -OCH3 is 1. The van der Waals surface area contributed by atoms with Crippen LogP contribution in [0.2, 0.25) is 0 Å². The maximum atomic E-state index is 11.4. The lowest BCUT2D eigenvalue weighted by atomic mass is 10.1. The van der Waals surface area contributed by atoms with Crippen molar-refractivity contribution in [1.29, 1.82) is 0 Å². The Hall–Kier alpha value is -2.01. The summed E-state index contributed by atoms with van der Waals surface area (Å²) in [5, 5.41) is 7.07. The molecule has 0 aliphatic rings. The first-order valence-corrected chi connectivity index (χ1v) is 5.92. The smallest absolute Gasteiger partial charge is 0.337 e. The van der Waals surface area contributed by atoms with Gasteiger partial charge in [-0.05, 0) is 29.6 Å². The number of thiophene rings is 1. The van der Waals surface area contributed by atoms with Gasteiger partial charge in [-0.2, -0.15) is 11.3 Å². The predicted molar refractivity (Wildman–Crippen MR) is 69.8 cm³/mol. The van der Waals surface area contributed by atoms with Gasteiger partial charge >= 0.3 is 5.97 Å². The second-order valence-corrected chi connectivity index (χ2v) is 4.21. The van der Waals surface area contributed by atoms with Crippen LogP contribution in [-0.4, -0.2) is 13.1 Å². The topological polar surface area (TPSA) is 64.3 Å². The third kappa shape index (κ3) is 2.57. The van der Waals surface area contributed by atoms with E-state index in [0.717, 1.165) is 5.69 Å². The summed E-state index contributed by atoms with van der Waals surface area (Å²) in [5.74, 6) is -0.377. The highest BCUT2D eigenvalue weighted by Gasteiger charge is 2.08. The normalized spacial score (nSPS) is 9.94. The van der Waals surface area contributed by atoms with Gasteiger partial charge in [-0.15, -0.1) is 0 Å². The Labute approximate surface area is 103 Å². The quantitative estimate of drug-likeness (QED) is 0.647. The van der Waals surface area contributed by atoms with Crippen LogP contribution in [0.3, 0.4) is 0 Å². The molecule has 1 heterocycles. The molecule has 0 fully saturated rings. The monoisotopic (exact) mass is 248 g/mol. The molecule has 0 radical (unpaired) electrons. The average molecular weight is 248 g/mol. The third-order valence-electron chi connectivity index (χ3n) is 2.27. The standard InChI is InChI=1S/C12H12N2O2S/c1-16-12(15)8-2-3-10(13)11(6-8)14-9-4-5-17-7-9/h2-7,14H,13H2,1H3. The van der Waals surface area contributed by atoms with Gasteiger partial charge in [0.15, 0.2) is 0 Å². The van der Waals surface area contributed by atoms with E-state index in [1.807, 2.05) is 16.8 Å². The molecule has 3 N–H and O–H groups in total. The molecule has 0 saturated heterocycles. The van der Waals surface area contributed by atoms with Crippen molar-refractivity contribution in [2.75, 3.05) is 18.2 Å². The minimum Gasteiger partial charge on any atom is -0.465 e. The van der Waals surface area contributed by atoms with E-state index in [2.05, 4.69) is 10.1 Å². The zero-order valence-corrected chi connectivity index (χ0v) is 10.1. The van der Waals surface area contributed by atoms with E-state index in [4.69, 9.17) is 5.73 Å². The first kappa shape index (κ1) is 11.5. The van der Waals surface area contributed by atoms with Gasteiger partial charge in [0.25, 0.3) is 0 Å². The number of nitrogens with two attached hydrogens (primary N) is 1. The number of nitrogen functional groups attached to an aromatic ring is 1. The van der Waals surface area contributed by atoms with Crippen molar-refractivity contribution in [1.82, 2.24) is 0 Å². The fraction of sp³-hybridized carbons (Fsp3) is 0.0833. The number of ether oxygens (including phenoxy) is 1. The molecule has 0 bridgehead atoms. The second kappa shape index (κ2) is 4.88. The van der Waals surface area contributed by atoms with Crippen LogP contribution in [0.1, 0.15) is 10.4 Å². The predicted octanol–water partition coefficient (Wildman–Crippen LogP) is 2.86. The highest BCUT2D eigenvalue weighted by Crippen LogP contribution is 2.25. The second-order valence-electron chi connectivity index (χ2n) is 3.43. The molecule has 0 spiro atoms. The molecule has 0 aliphatic heterocycles. The van der Waals surface area contributed by atoms with E-state index in [1.54, 1.807) is 29.5 Å². The summed E-state index contributed by atoms with van der Waals surface area (Å²) in [4.78, 5) is 11.4. The molecular weight excluding hydrogens is 236 g/mol. The van der Waals surface area contributed by atoms with Gasteiger partial charge < -0.3 is 15.8 Å². The maximum Gasteiger partial charge on any atom is 0.337 e. The molecule has 1 aromatic carbocycles. The number of rotatable bonds is 3. The van der Waals surface area contributed by atoms with Crippen LogP contribution in [0.15, 0.2) is 35.0 Å². The highest BCUT2D eigenvalue weighted by molar-refractivity contribution is 7.08. The minimum atomic E-state index is -0.377. The van der Waals surface area contributed by atoms with Crippen molar-refractivity contribution in [3.05, 3.63) is 40.6 Å². The Kier molecular flexibility index (Phi) is 3.30. The SMILES string of the molecule is COC(=O)c1ccc(N)c(Nc2ccsc2)c1. The molecule has 0 aliphatic carbocycles. The van der Waals surface area contributed by atoms with Crippen LogP contribution in [0.5, 0.6) is 0 Å². The Morgan fingerprint density at radius 1 is 1.41 bits per heavy atom. The zero-order chi connectivity index (χ0) is 12.3. The van der Waals surface area contributed by atoms with E-state index in [0.29, 0.717) is 16.9 Å². The number of nitrogens with one attached hydrogen (secondary N) is 1. The van der Waals surface area contributed by atoms with Crippen molar-refractivity contribution in [3.63, 3.8) is 0 Å². The molecule has 88 valence electrons. The average Bonchev–Trinajstić information content (AvgIpc) is 2.84. The first-order valence-electron chi connectivity index (χ1n) is 4.98. The van der Waals surface area contributed by atoms with E-state index >= 15 is 0 Å². The molecule has 2 rings (SSSR count). The summed E-state index contributed by atoms with van der Waals surface area (Å²) in [6.45, 7) is 0. The summed E-state index contributed by atoms with van der Waals surface area (Å²) >= 11 is 1.58. The van der Waals surface area contributed by atoms with Gasteiger partial charge in [-0.3, -0.25) is 0 Å². The van der Waals surface area contributed by atoms with Crippen molar-refractivity contribution in [3.8, 4) is 0 Å². The molecule has 2 aromatic rings. The van der Waals surface area contributed by atoms with Crippen LogP contribution in [0.4, 0.5) is 17.1 Å². The highest BCUT2D eigenvalue weighted by atomic mass is 32.1. The summed E-state index contributed by atoms with van der Waals surface area (Å²) < 4.78 is 4.66. The van der Waals surface area contributed by atoms with Crippen LogP contribution in [-0.2, 0) is 4.74 Å². The number of esters is 1. The fourth-order valence-electron chi connectivity index (χ4n) is 1.40. The summed E-state index contributed by atoms with van der Waals surface area (Å²) in [5.41, 5.74) is 8.54. The van der Waals surface area contributed by atoms with Gasteiger partial charge in [-0.25, -0.2) is 4.79 Å². The Morgan fingerprint density at radius 2 is 2.24 bits per heavy atom. The third-order valence-corrected chi connectivity index (χ3v) is 2.96. The number of carbonyl (C=O) groups excluding carboxylic acids is 1. The van der Waals surface area contributed by atoms with E-state index in [-0.39, 0.29) is 5.97 Å². The number of hydrogen-bond acceptors (Lipinski definition) is 5. The van der Waals surface area contributed by atoms with E-state index < -0.39 is 0 Å². The minimum absolute atomic E-state index is 0.377. The summed E-state index contributed by atoms with van der Waals surface area (Å²) in [6.07, 6.45) is 0. The number of benzene rings is 1. The van der Waals surface area contributed by atoms with Gasteiger partial charge in [-0.1, -0.05) is 0 Å². The Balaban J connectivity index is 2.29. The fourth-order valence-corrected chi connectivity index (χ4v) is 1.99. The molecule has 0 atom stereocenters. The molecule has 17 heavy (non-hydrogen) atoms. The maximum absolute atomic E-state index is 11.4. The van der Waals surface area contributed by atoms with Crippen LogP contribution < -0.4 is 11.1 Å². The lowest BCUT2D eigenvalue weighted by Crippen LogP contribution is -2.03.